The third-order valence-corrected chi connectivity index (χ3v) is 6.29. The zero-order chi connectivity index (χ0) is 19.7. The summed E-state index contributed by atoms with van der Waals surface area (Å²) in [6.07, 6.45) is 2.19. The molecular formula is C22H18Br3N2O+. The Morgan fingerprint density at radius 2 is 1.54 bits per heavy atom. The number of hydrogen-bond acceptors (Lipinski definition) is 2. The van der Waals surface area contributed by atoms with E-state index in [4.69, 9.17) is 0 Å². The summed E-state index contributed by atoms with van der Waals surface area (Å²) in [7, 11) is 0. The van der Waals surface area contributed by atoms with Crippen molar-refractivity contribution in [2.75, 3.05) is 0 Å². The van der Waals surface area contributed by atoms with Crippen LogP contribution in [0.4, 0.5) is 0 Å². The Kier molecular flexibility index (Phi) is 5.92. The molecule has 1 aliphatic rings. The first-order chi connectivity index (χ1) is 13.5. The van der Waals surface area contributed by atoms with Gasteiger partial charge < -0.3 is 15.7 Å². The maximum absolute atomic E-state index is 10.5. The van der Waals surface area contributed by atoms with Gasteiger partial charge in [0, 0.05) is 30.8 Å². The van der Waals surface area contributed by atoms with E-state index < -0.39 is 0 Å². The summed E-state index contributed by atoms with van der Waals surface area (Å²) < 4.78 is 3.03. The van der Waals surface area contributed by atoms with Crippen LogP contribution >= 0.6 is 47.8 Å². The van der Waals surface area contributed by atoms with Gasteiger partial charge in [-0.05, 0) is 60.2 Å². The van der Waals surface area contributed by atoms with Crippen molar-refractivity contribution in [3.8, 4) is 5.75 Å². The van der Waals surface area contributed by atoms with Crippen molar-refractivity contribution >= 4 is 53.5 Å². The lowest BCUT2D eigenvalue weighted by Crippen LogP contribution is -2.89. The Hall–Kier alpha value is -1.60. The number of phenols is 1. The third-order valence-electron chi connectivity index (χ3n) is 4.77. The van der Waals surface area contributed by atoms with Gasteiger partial charge in [0.15, 0.2) is 6.17 Å². The molecule has 3 aromatic carbocycles. The Labute approximate surface area is 189 Å². The van der Waals surface area contributed by atoms with Crippen LogP contribution in [0.1, 0.15) is 28.9 Å². The van der Waals surface area contributed by atoms with Crippen LogP contribution in [0.2, 0.25) is 0 Å². The van der Waals surface area contributed by atoms with E-state index in [0.717, 1.165) is 30.2 Å². The number of nitrogens with one attached hydrogen (secondary N) is 1. The smallest absolute Gasteiger partial charge is 0.186 e. The normalized spacial score (nSPS) is 19.0. The highest BCUT2D eigenvalue weighted by Gasteiger charge is 2.29. The molecule has 6 heteroatoms. The molecule has 0 bridgehead atoms. The second-order valence-corrected chi connectivity index (χ2v) is 9.43. The largest absolute Gasteiger partial charge is 0.507 e. The predicted molar refractivity (Wildman–Crippen MR) is 123 cm³/mol. The van der Waals surface area contributed by atoms with Crippen LogP contribution in [0, 0.1) is 0 Å². The fourth-order valence-corrected chi connectivity index (χ4v) is 4.43. The molecule has 4 rings (SSSR count). The molecule has 1 aliphatic heterocycles. The molecule has 142 valence electrons. The van der Waals surface area contributed by atoms with Gasteiger partial charge in [-0.3, -0.25) is 0 Å². The summed E-state index contributed by atoms with van der Waals surface area (Å²) in [4.78, 5) is 0. The highest BCUT2D eigenvalue weighted by atomic mass is 79.9. The first-order valence-electron chi connectivity index (χ1n) is 8.83. The quantitative estimate of drug-likeness (QED) is 0.386. The van der Waals surface area contributed by atoms with Gasteiger partial charge in [-0.2, -0.15) is 0 Å². The molecule has 0 amide bonds. The van der Waals surface area contributed by atoms with Gasteiger partial charge in [-0.25, -0.2) is 0 Å². The first-order valence-corrected chi connectivity index (χ1v) is 11.2. The van der Waals surface area contributed by atoms with Gasteiger partial charge in [0.2, 0.25) is 0 Å². The van der Waals surface area contributed by atoms with E-state index in [1.54, 1.807) is 6.07 Å². The fraction of sp³-hybridized carbons (Fsp3) is 0.0909. The van der Waals surface area contributed by atoms with E-state index in [1.165, 1.54) is 5.56 Å². The molecule has 0 spiro atoms. The van der Waals surface area contributed by atoms with Crippen molar-refractivity contribution in [2.45, 2.75) is 12.2 Å². The molecule has 2 atom stereocenters. The minimum absolute atomic E-state index is 0.0236. The molecule has 3 aromatic rings. The number of phenolic OH excluding ortho intramolecular Hbond substituents is 1. The summed E-state index contributed by atoms with van der Waals surface area (Å²) in [5.74, 6) is 0.297. The maximum atomic E-state index is 10.5. The lowest BCUT2D eigenvalue weighted by atomic mass is 9.98. The van der Waals surface area contributed by atoms with E-state index in [9.17, 15) is 5.11 Å². The molecule has 0 saturated heterocycles. The van der Waals surface area contributed by atoms with E-state index in [2.05, 4.69) is 88.8 Å². The van der Waals surface area contributed by atoms with Crippen LogP contribution in [0.3, 0.4) is 0 Å². The maximum Gasteiger partial charge on any atom is 0.186 e. The number of aromatic hydroxyl groups is 1. The van der Waals surface area contributed by atoms with E-state index in [0.29, 0.717) is 5.75 Å². The Morgan fingerprint density at radius 3 is 2.29 bits per heavy atom. The summed E-state index contributed by atoms with van der Waals surface area (Å²) in [6.45, 7) is 0. The Morgan fingerprint density at radius 1 is 0.821 bits per heavy atom. The topological polar surface area (TPSA) is 48.9 Å². The Bertz CT molecular complexity index is 1030. The minimum atomic E-state index is -0.0265. The van der Waals surface area contributed by atoms with Crippen molar-refractivity contribution in [1.29, 1.82) is 0 Å². The van der Waals surface area contributed by atoms with Gasteiger partial charge in [-0.1, -0.05) is 59.9 Å². The van der Waals surface area contributed by atoms with Crippen LogP contribution < -0.4 is 10.6 Å². The summed E-state index contributed by atoms with van der Waals surface area (Å²) in [5, 5.41) is 16.3. The zero-order valence-electron chi connectivity index (χ0n) is 14.7. The van der Waals surface area contributed by atoms with Crippen molar-refractivity contribution in [2.24, 2.45) is 0 Å². The molecule has 4 N–H and O–H groups in total. The molecule has 0 aliphatic carbocycles. The highest BCUT2D eigenvalue weighted by molar-refractivity contribution is 9.11. The van der Waals surface area contributed by atoms with Gasteiger partial charge >= 0.3 is 0 Å². The van der Waals surface area contributed by atoms with Crippen LogP contribution in [0.15, 0.2) is 86.2 Å². The highest BCUT2D eigenvalue weighted by Crippen LogP contribution is 2.31. The summed E-state index contributed by atoms with van der Waals surface area (Å²) in [6, 6.07) is 22.1. The fourth-order valence-electron chi connectivity index (χ4n) is 3.39. The molecular weight excluding hydrogens is 548 g/mol. The number of rotatable bonds is 3. The molecule has 0 aromatic heterocycles. The first kappa shape index (κ1) is 19.7. The zero-order valence-corrected chi connectivity index (χ0v) is 19.5. The average Bonchev–Trinajstić information content (AvgIpc) is 2.70. The standard InChI is InChI=1S/C22H17Br3N2O/c23-15-6-4-13(5-7-15)22-26-19(14-2-1-3-16(24)10-14)12-20(27-22)18-11-17(25)8-9-21(18)28/h1-12,20,22,26-28H/p+1. The molecule has 2 unspecified atom stereocenters. The van der Waals surface area contributed by atoms with Crippen LogP contribution in [-0.2, 0) is 0 Å². The number of benzene rings is 3. The van der Waals surface area contributed by atoms with Gasteiger partial charge in [0.05, 0.1) is 5.56 Å². The molecule has 3 nitrogen and oxygen atoms in total. The van der Waals surface area contributed by atoms with Gasteiger partial charge in [0.1, 0.15) is 11.8 Å². The average molecular weight is 566 g/mol. The SMILES string of the molecule is Oc1ccc(Br)cc1C1C=C(c2cccc(Br)c2)NC(c2ccc(Br)cc2)[NH2+]1. The third kappa shape index (κ3) is 4.35. The molecule has 28 heavy (non-hydrogen) atoms. The molecule has 0 radical (unpaired) electrons. The lowest BCUT2D eigenvalue weighted by molar-refractivity contribution is -0.731. The Balaban J connectivity index is 1.78. The lowest BCUT2D eigenvalue weighted by Gasteiger charge is -2.30. The van der Waals surface area contributed by atoms with Gasteiger partial charge in [-0.15, -0.1) is 0 Å². The monoisotopic (exact) mass is 563 g/mol. The van der Waals surface area contributed by atoms with Crippen molar-refractivity contribution in [3.05, 3.63) is 103 Å². The van der Waals surface area contributed by atoms with E-state index in [-0.39, 0.29) is 12.2 Å². The minimum Gasteiger partial charge on any atom is -0.507 e. The second kappa shape index (κ2) is 8.41. The summed E-state index contributed by atoms with van der Waals surface area (Å²) >= 11 is 10.6. The van der Waals surface area contributed by atoms with Crippen molar-refractivity contribution in [1.82, 2.24) is 5.32 Å². The molecule has 1 heterocycles. The van der Waals surface area contributed by atoms with Crippen LogP contribution in [0.25, 0.3) is 5.70 Å². The van der Waals surface area contributed by atoms with Crippen LogP contribution in [0.5, 0.6) is 5.75 Å². The number of halogens is 3. The molecule has 0 fully saturated rings. The second-order valence-electron chi connectivity index (χ2n) is 6.69. The predicted octanol–water partition coefficient (Wildman–Crippen LogP) is 5.63. The van der Waals surface area contributed by atoms with Crippen LogP contribution in [-0.4, -0.2) is 5.11 Å². The van der Waals surface area contributed by atoms with Crippen molar-refractivity contribution in [3.63, 3.8) is 0 Å². The van der Waals surface area contributed by atoms with Gasteiger partial charge in [0.25, 0.3) is 0 Å². The summed E-state index contributed by atoms with van der Waals surface area (Å²) in [5.41, 5.74) is 4.19. The molecule has 0 saturated carbocycles. The van der Waals surface area contributed by atoms with E-state index in [1.807, 2.05) is 36.4 Å². The number of quaternary nitrogens is 1. The van der Waals surface area contributed by atoms with Crippen molar-refractivity contribution < 1.29 is 10.4 Å². The number of nitrogens with two attached hydrogens (primary N) is 1. The van der Waals surface area contributed by atoms with E-state index >= 15 is 0 Å². The number of hydrogen-bond donors (Lipinski definition) is 3.